The first-order valence-electron chi connectivity index (χ1n) is 7.33. The van der Waals surface area contributed by atoms with Crippen molar-refractivity contribution in [2.24, 2.45) is 5.73 Å². The number of methoxy groups -OCH3 is 2. The van der Waals surface area contributed by atoms with Gasteiger partial charge in [0.25, 0.3) is 0 Å². The van der Waals surface area contributed by atoms with Gasteiger partial charge in [-0.2, -0.15) is 0 Å². The van der Waals surface area contributed by atoms with Gasteiger partial charge in [-0.3, -0.25) is 4.79 Å². The molecule has 1 aliphatic rings. The molecule has 2 atom stereocenters. The predicted octanol–water partition coefficient (Wildman–Crippen LogP) is 1.62. The monoisotopic (exact) mass is 328 g/mol. The van der Waals surface area contributed by atoms with Crippen LogP contribution in [0.25, 0.3) is 0 Å². The summed E-state index contributed by atoms with van der Waals surface area (Å²) in [6, 6.07) is 7.68. The fourth-order valence-corrected chi connectivity index (χ4v) is 2.89. The SMILES string of the molecule is COc1ccccc1CC(=O)N1CCC(OC)CC1CN.Cl. The lowest BCUT2D eigenvalue weighted by Crippen LogP contribution is -2.51. The Hall–Kier alpha value is -1.30. The first-order chi connectivity index (χ1) is 10.2. The van der Waals surface area contributed by atoms with Gasteiger partial charge < -0.3 is 20.1 Å². The maximum absolute atomic E-state index is 12.6. The van der Waals surface area contributed by atoms with Crippen LogP contribution < -0.4 is 10.5 Å². The van der Waals surface area contributed by atoms with E-state index in [2.05, 4.69) is 0 Å². The minimum Gasteiger partial charge on any atom is -0.496 e. The predicted molar refractivity (Wildman–Crippen MR) is 88.5 cm³/mol. The van der Waals surface area contributed by atoms with E-state index in [-0.39, 0.29) is 30.5 Å². The van der Waals surface area contributed by atoms with Crippen LogP contribution >= 0.6 is 12.4 Å². The summed E-state index contributed by atoms with van der Waals surface area (Å²) < 4.78 is 10.7. The van der Waals surface area contributed by atoms with Crippen molar-refractivity contribution in [1.29, 1.82) is 0 Å². The summed E-state index contributed by atoms with van der Waals surface area (Å²) in [4.78, 5) is 14.5. The largest absolute Gasteiger partial charge is 0.496 e. The van der Waals surface area contributed by atoms with Crippen molar-refractivity contribution >= 4 is 18.3 Å². The summed E-state index contributed by atoms with van der Waals surface area (Å²) in [5.74, 6) is 0.853. The molecule has 0 radical (unpaired) electrons. The van der Waals surface area contributed by atoms with Gasteiger partial charge in [0.15, 0.2) is 0 Å². The number of nitrogens with zero attached hydrogens (tertiary/aromatic N) is 1. The Balaban J connectivity index is 0.00000242. The molecule has 1 aromatic carbocycles. The fourth-order valence-electron chi connectivity index (χ4n) is 2.89. The van der Waals surface area contributed by atoms with Crippen LogP contribution in [-0.2, 0) is 16.0 Å². The first-order valence-corrected chi connectivity index (χ1v) is 7.33. The third-order valence-electron chi connectivity index (χ3n) is 4.13. The van der Waals surface area contributed by atoms with E-state index in [1.807, 2.05) is 29.2 Å². The Kier molecular flexibility index (Phi) is 7.65. The van der Waals surface area contributed by atoms with E-state index in [1.54, 1.807) is 14.2 Å². The van der Waals surface area contributed by atoms with Crippen molar-refractivity contribution in [1.82, 2.24) is 4.90 Å². The molecule has 22 heavy (non-hydrogen) atoms. The highest BCUT2D eigenvalue weighted by molar-refractivity contribution is 5.85. The Morgan fingerprint density at radius 2 is 2.09 bits per heavy atom. The maximum Gasteiger partial charge on any atom is 0.227 e. The lowest BCUT2D eigenvalue weighted by atomic mass is 9.98. The minimum atomic E-state index is 0. The number of amides is 1. The van der Waals surface area contributed by atoms with Gasteiger partial charge in [-0.1, -0.05) is 18.2 Å². The van der Waals surface area contributed by atoms with Crippen LogP contribution in [0.3, 0.4) is 0 Å². The highest BCUT2D eigenvalue weighted by Crippen LogP contribution is 2.23. The van der Waals surface area contributed by atoms with Crippen molar-refractivity contribution in [2.45, 2.75) is 31.4 Å². The molecule has 1 heterocycles. The number of benzene rings is 1. The Labute approximate surface area is 138 Å². The van der Waals surface area contributed by atoms with Crippen LogP contribution in [0.1, 0.15) is 18.4 Å². The van der Waals surface area contributed by atoms with E-state index < -0.39 is 0 Å². The van der Waals surface area contributed by atoms with E-state index in [9.17, 15) is 4.79 Å². The zero-order valence-electron chi connectivity index (χ0n) is 13.2. The summed E-state index contributed by atoms with van der Waals surface area (Å²) in [7, 11) is 3.33. The molecule has 0 bridgehead atoms. The summed E-state index contributed by atoms with van der Waals surface area (Å²) >= 11 is 0. The van der Waals surface area contributed by atoms with E-state index in [4.69, 9.17) is 15.2 Å². The molecule has 0 spiro atoms. The molecule has 0 saturated carbocycles. The van der Waals surface area contributed by atoms with Gasteiger partial charge in [0, 0.05) is 31.8 Å². The number of carbonyl (C=O) groups is 1. The van der Waals surface area contributed by atoms with Crippen molar-refractivity contribution in [3.05, 3.63) is 29.8 Å². The van der Waals surface area contributed by atoms with Crippen LogP contribution in [0, 0.1) is 0 Å². The molecule has 2 rings (SSSR count). The van der Waals surface area contributed by atoms with Gasteiger partial charge in [-0.25, -0.2) is 0 Å². The van der Waals surface area contributed by atoms with Crippen LogP contribution in [0.5, 0.6) is 5.75 Å². The van der Waals surface area contributed by atoms with Crippen LogP contribution in [-0.4, -0.2) is 50.3 Å². The molecule has 1 saturated heterocycles. The molecular formula is C16H25ClN2O3. The van der Waals surface area contributed by atoms with Crippen LogP contribution in [0.4, 0.5) is 0 Å². The summed E-state index contributed by atoms with van der Waals surface area (Å²) in [5, 5.41) is 0. The second-order valence-corrected chi connectivity index (χ2v) is 5.35. The quantitative estimate of drug-likeness (QED) is 0.892. The van der Waals surface area contributed by atoms with E-state index in [1.165, 1.54) is 0 Å². The Morgan fingerprint density at radius 3 is 2.73 bits per heavy atom. The molecule has 1 aliphatic heterocycles. The molecule has 0 aliphatic carbocycles. The molecule has 2 N–H and O–H groups in total. The van der Waals surface area contributed by atoms with Crippen molar-refractivity contribution in [3.63, 3.8) is 0 Å². The molecule has 2 unspecified atom stereocenters. The maximum atomic E-state index is 12.6. The molecule has 124 valence electrons. The number of rotatable bonds is 5. The number of carbonyl (C=O) groups excluding carboxylic acids is 1. The minimum absolute atomic E-state index is 0. The van der Waals surface area contributed by atoms with Gasteiger partial charge in [0.1, 0.15) is 5.75 Å². The third-order valence-corrected chi connectivity index (χ3v) is 4.13. The number of ether oxygens (including phenoxy) is 2. The second-order valence-electron chi connectivity index (χ2n) is 5.35. The first kappa shape index (κ1) is 18.7. The zero-order valence-corrected chi connectivity index (χ0v) is 14.0. The van der Waals surface area contributed by atoms with E-state index >= 15 is 0 Å². The molecule has 5 nitrogen and oxygen atoms in total. The van der Waals surface area contributed by atoms with Crippen molar-refractivity contribution < 1.29 is 14.3 Å². The molecule has 1 amide bonds. The number of piperidine rings is 1. The van der Waals surface area contributed by atoms with Crippen molar-refractivity contribution in [3.8, 4) is 5.75 Å². The normalized spacial score (nSPS) is 21.1. The molecule has 1 fully saturated rings. The number of likely N-dealkylation sites (tertiary alicyclic amines) is 1. The number of hydrogen-bond donors (Lipinski definition) is 1. The lowest BCUT2D eigenvalue weighted by Gasteiger charge is -2.38. The van der Waals surface area contributed by atoms with Gasteiger partial charge >= 0.3 is 0 Å². The molecule has 1 aromatic rings. The van der Waals surface area contributed by atoms with Crippen molar-refractivity contribution in [2.75, 3.05) is 27.3 Å². The van der Waals surface area contributed by atoms with Gasteiger partial charge in [-0.15, -0.1) is 12.4 Å². The lowest BCUT2D eigenvalue weighted by molar-refractivity contribution is -0.136. The number of nitrogens with two attached hydrogens (primary N) is 1. The summed E-state index contributed by atoms with van der Waals surface area (Å²) in [6.07, 6.45) is 2.22. The van der Waals surface area contributed by atoms with E-state index in [0.717, 1.165) is 24.2 Å². The Bertz CT molecular complexity index is 484. The molecular weight excluding hydrogens is 304 g/mol. The van der Waals surface area contributed by atoms with Gasteiger partial charge in [0.2, 0.25) is 5.91 Å². The standard InChI is InChI=1S/C16H24N2O3.ClH/c1-20-14-7-8-18(13(10-14)11-17)16(19)9-12-5-3-4-6-15(12)21-2;/h3-6,13-14H,7-11,17H2,1-2H3;1H. The smallest absolute Gasteiger partial charge is 0.227 e. The fraction of sp³-hybridized carbons (Fsp3) is 0.562. The Morgan fingerprint density at radius 1 is 1.36 bits per heavy atom. The number of halogens is 1. The zero-order chi connectivity index (χ0) is 15.2. The van der Waals surface area contributed by atoms with Crippen LogP contribution in [0.15, 0.2) is 24.3 Å². The number of hydrogen-bond acceptors (Lipinski definition) is 4. The van der Waals surface area contributed by atoms with Gasteiger partial charge in [-0.05, 0) is 18.9 Å². The number of para-hydroxylation sites is 1. The second kappa shape index (κ2) is 8.98. The third kappa shape index (κ3) is 4.35. The average Bonchev–Trinajstić information content (AvgIpc) is 2.54. The summed E-state index contributed by atoms with van der Waals surface area (Å²) in [5.41, 5.74) is 6.74. The van der Waals surface area contributed by atoms with E-state index in [0.29, 0.717) is 19.5 Å². The average molecular weight is 329 g/mol. The highest BCUT2D eigenvalue weighted by atomic mass is 35.5. The molecule has 0 aromatic heterocycles. The topological polar surface area (TPSA) is 64.8 Å². The highest BCUT2D eigenvalue weighted by Gasteiger charge is 2.30. The van der Waals surface area contributed by atoms with Crippen LogP contribution in [0.2, 0.25) is 0 Å². The summed E-state index contributed by atoms with van der Waals surface area (Å²) in [6.45, 7) is 1.17. The molecule has 6 heteroatoms. The van der Waals surface area contributed by atoms with Gasteiger partial charge in [0.05, 0.1) is 19.6 Å².